The summed E-state index contributed by atoms with van der Waals surface area (Å²) in [6.07, 6.45) is 1.79. The number of hydrogen-bond acceptors (Lipinski definition) is 7. The molecule has 0 amide bonds. The molecule has 0 saturated carbocycles. The number of carbonyl (C=O) groups excluding carboxylic acids is 1. The van der Waals surface area contributed by atoms with Crippen LogP contribution in [0.15, 0.2) is 87.8 Å². The number of allylic oxidation sites excluding steroid dienone is 1. The van der Waals surface area contributed by atoms with E-state index in [0.717, 1.165) is 22.4 Å². The fraction of sp³-hybridized carbons (Fsp3) is 0.219. The van der Waals surface area contributed by atoms with Crippen LogP contribution in [0.4, 0.5) is 5.69 Å². The minimum Gasteiger partial charge on any atom is -0.488 e. The van der Waals surface area contributed by atoms with E-state index in [1.807, 2.05) is 73.6 Å². The number of thiazole rings is 1. The number of benzene rings is 3. The number of carbonyl (C=O) groups is 1. The number of halogens is 2. The molecule has 216 valence electrons. The van der Waals surface area contributed by atoms with Gasteiger partial charge in [0.15, 0.2) is 4.80 Å². The molecule has 3 aromatic carbocycles. The van der Waals surface area contributed by atoms with Crippen molar-refractivity contribution in [2.45, 2.75) is 26.5 Å². The van der Waals surface area contributed by atoms with Crippen molar-refractivity contribution in [3.63, 3.8) is 0 Å². The quantitative estimate of drug-likeness (QED) is 0.234. The summed E-state index contributed by atoms with van der Waals surface area (Å²) in [4.78, 5) is 34.3. The van der Waals surface area contributed by atoms with Gasteiger partial charge in [0.2, 0.25) is 0 Å². The van der Waals surface area contributed by atoms with Crippen LogP contribution in [-0.4, -0.2) is 31.2 Å². The maximum atomic E-state index is 14.0. The highest BCUT2D eigenvalue weighted by atomic mass is 35.5. The molecule has 0 saturated heterocycles. The first-order chi connectivity index (χ1) is 20.2. The van der Waals surface area contributed by atoms with E-state index in [1.54, 1.807) is 36.6 Å². The van der Waals surface area contributed by atoms with E-state index in [-0.39, 0.29) is 18.8 Å². The second kappa shape index (κ2) is 12.6. The summed E-state index contributed by atoms with van der Waals surface area (Å²) in [5, 5.41) is 1.06. The first kappa shape index (κ1) is 29.6. The zero-order chi connectivity index (χ0) is 30.0. The van der Waals surface area contributed by atoms with Gasteiger partial charge >= 0.3 is 5.97 Å². The molecular formula is C32H29Cl2N3O4S. The number of esters is 1. The predicted octanol–water partition coefficient (Wildman–Crippen LogP) is 5.75. The molecule has 1 aliphatic rings. The number of aromatic nitrogens is 1. The molecule has 1 aromatic heterocycles. The van der Waals surface area contributed by atoms with Gasteiger partial charge in [-0.1, -0.05) is 70.9 Å². The Morgan fingerprint density at radius 3 is 2.52 bits per heavy atom. The fourth-order valence-corrected chi connectivity index (χ4v) is 6.23. The zero-order valence-electron chi connectivity index (χ0n) is 23.6. The Labute approximate surface area is 257 Å². The molecule has 1 aliphatic heterocycles. The van der Waals surface area contributed by atoms with Gasteiger partial charge in [0.05, 0.1) is 28.5 Å². The van der Waals surface area contributed by atoms with Crippen molar-refractivity contribution in [3.8, 4) is 5.75 Å². The maximum Gasteiger partial charge on any atom is 0.338 e. The highest BCUT2D eigenvalue weighted by molar-refractivity contribution is 7.07. The minimum absolute atomic E-state index is 0.213. The van der Waals surface area contributed by atoms with Crippen molar-refractivity contribution in [1.29, 1.82) is 0 Å². The summed E-state index contributed by atoms with van der Waals surface area (Å²) >= 11 is 13.6. The van der Waals surface area contributed by atoms with E-state index < -0.39 is 12.0 Å². The molecule has 1 unspecified atom stereocenters. The minimum atomic E-state index is -0.683. The Morgan fingerprint density at radius 1 is 1.10 bits per heavy atom. The van der Waals surface area contributed by atoms with Crippen LogP contribution < -0.4 is 24.5 Å². The largest absolute Gasteiger partial charge is 0.488 e. The summed E-state index contributed by atoms with van der Waals surface area (Å²) in [6, 6.07) is 19.8. The van der Waals surface area contributed by atoms with Crippen molar-refractivity contribution in [2.75, 3.05) is 25.6 Å². The number of para-hydroxylation sites is 1. The lowest BCUT2D eigenvalue weighted by Crippen LogP contribution is -2.40. The van der Waals surface area contributed by atoms with Gasteiger partial charge in [-0.05, 0) is 55.8 Å². The molecular weight excluding hydrogens is 593 g/mol. The molecule has 5 rings (SSSR count). The zero-order valence-corrected chi connectivity index (χ0v) is 25.9. The second-order valence-electron chi connectivity index (χ2n) is 9.85. The van der Waals surface area contributed by atoms with Crippen LogP contribution in [0.2, 0.25) is 10.0 Å². The van der Waals surface area contributed by atoms with Gasteiger partial charge in [-0.15, -0.1) is 0 Å². The Kier molecular flexibility index (Phi) is 8.87. The van der Waals surface area contributed by atoms with Crippen LogP contribution in [-0.2, 0) is 16.1 Å². The smallest absolute Gasteiger partial charge is 0.338 e. The van der Waals surface area contributed by atoms with E-state index in [0.29, 0.717) is 36.4 Å². The molecule has 0 N–H and O–H groups in total. The summed E-state index contributed by atoms with van der Waals surface area (Å²) < 4.78 is 13.6. The average molecular weight is 623 g/mol. The van der Waals surface area contributed by atoms with Crippen LogP contribution in [0, 0.1) is 0 Å². The second-order valence-corrected chi connectivity index (χ2v) is 11.7. The number of nitrogens with zero attached hydrogens (tertiary/aromatic N) is 3. The fourth-order valence-electron chi connectivity index (χ4n) is 4.73. The Morgan fingerprint density at radius 2 is 1.83 bits per heavy atom. The summed E-state index contributed by atoms with van der Waals surface area (Å²) in [5.41, 5.74) is 3.91. The highest BCUT2D eigenvalue weighted by Crippen LogP contribution is 2.32. The lowest BCUT2D eigenvalue weighted by molar-refractivity contribution is -0.139. The van der Waals surface area contributed by atoms with Crippen molar-refractivity contribution >= 4 is 52.3 Å². The molecule has 10 heteroatoms. The third kappa shape index (κ3) is 6.02. The lowest BCUT2D eigenvalue weighted by atomic mass is 9.95. The summed E-state index contributed by atoms with van der Waals surface area (Å²) in [7, 11) is 3.91. The SMILES string of the molecule is CCOC(=O)C1=C(C)N=c2sc(=Cc3ccccc3OCc3ccc(Cl)cc3Cl)c(=O)n2C1c1ccc(N(C)C)cc1. The molecule has 0 spiro atoms. The molecule has 42 heavy (non-hydrogen) atoms. The third-order valence-electron chi connectivity index (χ3n) is 6.85. The van der Waals surface area contributed by atoms with Crippen LogP contribution >= 0.6 is 34.5 Å². The van der Waals surface area contributed by atoms with Gasteiger partial charge in [-0.2, -0.15) is 0 Å². The maximum absolute atomic E-state index is 14.0. The van der Waals surface area contributed by atoms with Gasteiger partial charge in [-0.25, -0.2) is 9.79 Å². The normalized spacial score (nSPS) is 14.8. The Hall–Kier alpha value is -3.85. The van der Waals surface area contributed by atoms with E-state index in [9.17, 15) is 9.59 Å². The standard InChI is InChI=1S/C32H29Cl2N3O4S/c1-5-40-31(39)28-19(2)35-32-37(29(28)20-11-14-24(15-12-20)36(3)4)30(38)27(42-32)16-21-8-6-7-9-26(21)41-18-22-10-13-23(33)17-25(22)34/h6-17,29H,5,18H2,1-4H3. The van der Waals surface area contributed by atoms with Crippen LogP contribution in [0.25, 0.3) is 6.08 Å². The summed E-state index contributed by atoms with van der Waals surface area (Å²) in [5.74, 6) is 0.0999. The monoisotopic (exact) mass is 621 g/mol. The van der Waals surface area contributed by atoms with Gasteiger partial charge < -0.3 is 14.4 Å². The van der Waals surface area contributed by atoms with E-state index >= 15 is 0 Å². The third-order valence-corrected chi connectivity index (χ3v) is 8.42. The number of fused-ring (bicyclic) bond motifs is 1. The number of rotatable bonds is 8. The van der Waals surface area contributed by atoms with Crippen molar-refractivity contribution < 1.29 is 14.3 Å². The van der Waals surface area contributed by atoms with Gasteiger partial charge in [-0.3, -0.25) is 9.36 Å². The lowest BCUT2D eigenvalue weighted by Gasteiger charge is -2.25. The van der Waals surface area contributed by atoms with Crippen molar-refractivity contribution in [2.24, 2.45) is 4.99 Å². The highest BCUT2D eigenvalue weighted by Gasteiger charge is 2.33. The predicted molar refractivity (Wildman–Crippen MR) is 168 cm³/mol. The molecule has 0 fully saturated rings. The topological polar surface area (TPSA) is 73.1 Å². The molecule has 0 bridgehead atoms. The Balaban J connectivity index is 1.59. The molecule has 2 heterocycles. The first-order valence-corrected chi connectivity index (χ1v) is 14.9. The molecule has 0 radical (unpaired) electrons. The van der Waals surface area contributed by atoms with E-state index in [4.69, 9.17) is 32.7 Å². The van der Waals surface area contributed by atoms with Gasteiger partial charge in [0.1, 0.15) is 12.4 Å². The van der Waals surface area contributed by atoms with Crippen LogP contribution in [0.5, 0.6) is 5.75 Å². The molecule has 4 aromatic rings. The Bertz CT molecular complexity index is 1860. The van der Waals surface area contributed by atoms with E-state index in [1.165, 1.54) is 11.3 Å². The first-order valence-electron chi connectivity index (χ1n) is 13.3. The number of ether oxygens (including phenoxy) is 2. The van der Waals surface area contributed by atoms with Crippen molar-refractivity contribution in [1.82, 2.24) is 4.57 Å². The van der Waals surface area contributed by atoms with Crippen molar-refractivity contribution in [3.05, 3.63) is 124 Å². The average Bonchev–Trinajstić information content (AvgIpc) is 3.26. The van der Waals surface area contributed by atoms with Crippen LogP contribution in [0.1, 0.15) is 36.6 Å². The van der Waals surface area contributed by atoms with Gasteiger partial charge in [0.25, 0.3) is 5.56 Å². The number of anilines is 1. The summed E-state index contributed by atoms with van der Waals surface area (Å²) in [6.45, 7) is 3.97. The number of hydrogen-bond donors (Lipinski definition) is 0. The molecule has 0 aliphatic carbocycles. The molecule has 7 nitrogen and oxygen atoms in total. The van der Waals surface area contributed by atoms with E-state index in [2.05, 4.69) is 4.99 Å². The molecule has 1 atom stereocenters. The van der Waals surface area contributed by atoms with Crippen LogP contribution in [0.3, 0.4) is 0 Å². The van der Waals surface area contributed by atoms with Gasteiger partial charge in [0, 0.05) is 41.0 Å².